The number of rotatable bonds is 7. The molecule has 0 unspecified atom stereocenters. The van der Waals surface area contributed by atoms with Crippen molar-refractivity contribution in [1.29, 1.82) is 0 Å². The Balaban J connectivity index is 1.31. The first-order valence-electron chi connectivity index (χ1n) is 11.7. The maximum absolute atomic E-state index is 13.2. The van der Waals surface area contributed by atoms with E-state index in [1.807, 2.05) is 19.1 Å². The summed E-state index contributed by atoms with van der Waals surface area (Å²) in [5, 5.41) is 0. The molecule has 1 saturated carbocycles. The lowest BCUT2D eigenvalue weighted by molar-refractivity contribution is -0.136. The molecule has 1 aromatic rings. The van der Waals surface area contributed by atoms with Gasteiger partial charge in [0.1, 0.15) is 0 Å². The van der Waals surface area contributed by atoms with Crippen LogP contribution in [0, 0.1) is 6.92 Å². The van der Waals surface area contributed by atoms with Crippen LogP contribution in [0.3, 0.4) is 0 Å². The molecule has 0 atom stereocenters. The summed E-state index contributed by atoms with van der Waals surface area (Å²) in [4.78, 5) is 20.3. The number of benzene rings is 1. The fourth-order valence-corrected chi connectivity index (χ4v) is 6.25. The summed E-state index contributed by atoms with van der Waals surface area (Å²) in [6.07, 6.45) is 4.39. The Morgan fingerprint density at radius 2 is 1.48 bits per heavy atom. The predicted molar refractivity (Wildman–Crippen MR) is 121 cm³/mol. The molecule has 2 heterocycles. The van der Waals surface area contributed by atoms with Crippen LogP contribution in [0.25, 0.3) is 0 Å². The van der Waals surface area contributed by atoms with E-state index in [0.717, 1.165) is 50.9 Å². The number of hydrogen-bond acceptors (Lipinski definition) is 5. The zero-order chi connectivity index (χ0) is 22.0. The molecule has 31 heavy (non-hydrogen) atoms. The Morgan fingerprint density at radius 3 is 2.03 bits per heavy atom. The Morgan fingerprint density at radius 1 is 0.903 bits per heavy atom. The van der Waals surface area contributed by atoms with Crippen LogP contribution in [0.5, 0.6) is 0 Å². The minimum atomic E-state index is -3.47. The number of likely N-dealkylation sites (tertiary alicyclic amines) is 1. The largest absolute Gasteiger partial charge is 0.336 e. The molecule has 1 aliphatic carbocycles. The molecule has 8 heteroatoms. The number of piperazine rings is 1. The van der Waals surface area contributed by atoms with Gasteiger partial charge in [-0.3, -0.25) is 9.69 Å². The number of carbonyl (C=O) groups is 1. The maximum atomic E-state index is 13.2. The first-order chi connectivity index (χ1) is 14.9. The van der Waals surface area contributed by atoms with Crippen molar-refractivity contribution in [2.45, 2.75) is 56.5 Å². The summed E-state index contributed by atoms with van der Waals surface area (Å²) in [5.41, 5.74) is 1.04. The molecular formula is C23H36N4O3S. The van der Waals surface area contributed by atoms with Crippen LogP contribution in [-0.4, -0.2) is 97.8 Å². The Labute approximate surface area is 187 Å². The van der Waals surface area contributed by atoms with Crippen molar-refractivity contribution in [2.75, 3.05) is 52.4 Å². The van der Waals surface area contributed by atoms with Crippen LogP contribution in [0.2, 0.25) is 0 Å². The average Bonchev–Trinajstić information content (AvgIpc) is 3.60. The molecule has 3 fully saturated rings. The topological polar surface area (TPSA) is 64.2 Å². The first kappa shape index (κ1) is 22.7. The second-order valence-corrected chi connectivity index (χ2v) is 11.1. The van der Waals surface area contributed by atoms with E-state index in [-0.39, 0.29) is 5.91 Å². The highest BCUT2D eigenvalue weighted by Gasteiger charge is 2.39. The molecule has 172 valence electrons. The first-order valence-corrected chi connectivity index (χ1v) is 13.1. The number of hydrogen-bond donors (Lipinski definition) is 0. The van der Waals surface area contributed by atoms with E-state index in [1.165, 1.54) is 0 Å². The quantitative estimate of drug-likeness (QED) is 0.636. The second kappa shape index (κ2) is 9.57. The highest BCUT2D eigenvalue weighted by Crippen LogP contribution is 2.32. The van der Waals surface area contributed by atoms with E-state index < -0.39 is 10.0 Å². The average molecular weight is 449 g/mol. The van der Waals surface area contributed by atoms with Crippen LogP contribution >= 0.6 is 0 Å². The molecule has 0 radical (unpaired) electrons. The van der Waals surface area contributed by atoms with Gasteiger partial charge in [0.25, 0.3) is 0 Å². The van der Waals surface area contributed by atoms with Crippen molar-refractivity contribution in [3.63, 3.8) is 0 Å². The van der Waals surface area contributed by atoms with E-state index in [4.69, 9.17) is 0 Å². The molecule has 0 bridgehead atoms. The minimum absolute atomic E-state index is 0.229. The number of nitrogens with zero attached hydrogens (tertiary/aromatic N) is 4. The van der Waals surface area contributed by atoms with Crippen molar-refractivity contribution < 1.29 is 13.2 Å². The van der Waals surface area contributed by atoms with E-state index >= 15 is 0 Å². The molecule has 1 amide bonds. The van der Waals surface area contributed by atoms with E-state index in [0.29, 0.717) is 49.7 Å². The lowest BCUT2D eigenvalue weighted by atomic mass is 10.0. The molecule has 0 N–H and O–H groups in total. The van der Waals surface area contributed by atoms with Gasteiger partial charge < -0.3 is 9.80 Å². The van der Waals surface area contributed by atoms with Crippen molar-refractivity contribution in [2.24, 2.45) is 0 Å². The Hall–Kier alpha value is -1.48. The van der Waals surface area contributed by atoms with Gasteiger partial charge in [0.05, 0.1) is 11.4 Å². The third-order valence-corrected chi connectivity index (χ3v) is 8.89. The summed E-state index contributed by atoms with van der Waals surface area (Å²) in [5.74, 6) is 0.229. The highest BCUT2D eigenvalue weighted by atomic mass is 32.2. The standard InChI is InChI=1S/C23H36N4O3S/c1-3-24-12-10-21(11-13-24)27(20-6-7-20)23(28)18-25-14-16-26(17-15-25)31(29,30)22-8-4-19(2)5-9-22/h4-5,8-9,20-21H,3,6-7,10-18H2,1-2H3. The third-order valence-electron chi connectivity index (χ3n) is 6.97. The van der Waals surface area contributed by atoms with E-state index in [2.05, 4.69) is 21.6 Å². The summed E-state index contributed by atoms with van der Waals surface area (Å²) < 4.78 is 27.4. The summed E-state index contributed by atoms with van der Waals surface area (Å²) in [6, 6.07) is 7.81. The zero-order valence-electron chi connectivity index (χ0n) is 18.9. The van der Waals surface area contributed by atoms with Gasteiger partial charge in [-0.2, -0.15) is 4.31 Å². The molecule has 1 aromatic carbocycles. The van der Waals surface area contributed by atoms with Crippen molar-refractivity contribution in [1.82, 2.24) is 19.0 Å². The van der Waals surface area contributed by atoms with Crippen molar-refractivity contribution in [3.8, 4) is 0 Å². The fourth-order valence-electron chi connectivity index (χ4n) is 4.83. The summed E-state index contributed by atoms with van der Waals surface area (Å²) in [6.45, 7) is 9.85. The SMILES string of the molecule is CCN1CCC(N(C(=O)CN2CCN(S(=O)(=O)c3ccc(C)cc3)CC2)C2CC2)CC1. The number of carbonyl (C=O) groups excluding carboxylic acids is 1. The lowest BCUT2D eigenvalue weighted by Gasteiger charge is -2.40. The van der Waals surface area contributed by atoms with Crippen LogP contribution in [0.1, 0.15) is 38.2 Å². The molecule has 4 rings (SSSR count). The second-order valence-electron chi connectivity index (χ2n) is 9.19. The molecule has 7 nitrogen and oxygen atoms in total. The number of sulfonamides is 1. The van der Waals surface area contributed by atoms with E-state index in [9.17, 15) is 13.2 Å². The van der Waals surface area contributed by atoms with Crippen LogP contribution in [0.15, 0.2) is 29.2 Å². The monoisotopic (exact) mass is 448 g/mol. The summed E-state index contributed by atoms with van der Waals surface area (Å²) >= 11 is 0. The molecule has 2 aliphatic heterocycles. The van der Waals surface area contributed by atoms with E-state index in [1.54, 1.807) is 16.4 Å². The smallest absolute Gasteiger partial charge is 0.243 e. The highest BCUT2D eigenvalue weighted by molar-refractivity contribution is 7.89. The molecule has 0 aromatic heterocycles. The van der Waals surface area contributed by atoms with Gasteiger partial charge in [-0.25, -0.2) is 8.42 Å². The van der Waals surface area contributed by atoms with Gasteiger partial charge >= 0.3 is 0 Å². The number of piperidine rings is 1. The summed E-state index contributed by atoms with van der Waals surface area (Å²) in [7, 11) is -3.47. The molecule has 3 aliphatic rings. The number of amides is 1. The van der Waals surface area contributed by atoms with Crippen LogP contribution < -0.4 is 0 Å². The third kappa shape index (κ3) is 5.30. The Bertz CT molecular complexity index is 853. The minimum Gasteiger partial charge on any atom is -0.336 e. The lowest BCUT2D eigenvalue weighted by Crippen LogP contribution is -2.54. The van der Waals surface area contributed by atoms with Gasteiger partial charge in [-0.1, -0.05) is 24.6 Å². The van der Waals surface area contributed by atoms with Gasteiger partial charge in [0, 0.05) is 51.4 Å². The van der Waals surface area contributed by atoms with Gasteiger partial charge in [0.15, 0.2) is 0 Å². The molecule has 0 spiro atoms. The molecular weight excluding hydrogens is 412 g/mol. The predicted octanol–water partition coefficient (Wildman–Crippen LogP) is 1.78. The van der Waals surface area contributed by atoms with Crippen molar-refractivity contribution >= 4 is 15.9 Å². The zero-order valence-corrected chi connectivity index (χ0v) is 19.7. The normalized spacial score (nSPS) is 22.5. The molecule has 2 saturated heterocycles. The maximum Gasteiger partial charge on any atom is 0.243 e. The van der Waals surface area contributed by atoms with Gasteiger partial charge in [0.2, 0.25) is 15.9 Å². The fraction of sp³-hybridized carbons (Fsp3) is 0.696. The van der Waals surface area contributed by atoms with Gasteiger partial charge in [-0.15, -0.1) is 0 Å². The number of aryl methyl sites for hydroxylation is 1. The van der Waals surface area contributed by atoms with Crippen LogP contribution in [0.4, 0.5) is 0 Å². The van der Waals surface area contributed by atoms with Crippen LogP contribution in [-0.2, 0) is 14.8 Å². The Kier molecular flexibility index (Phi) is 7.01. The van der Waals surface area contributed by atoms with Crippen molar-refractivity contribution in [3.05, 3.63) is 29.8 Å². The van der Waals surface area contributed by atoms with Gasteiger partial charge in [-0.05, 0) is 51.3 Å².